The molecule has 0 spiro atoms. The van der Waals surface area contributed by atoms with Crippen molar-refractivity contribution in [3.63, 3.8) is 0 Å². The fourth-order valence-corrected chi connectivity index (χ4v) is 2.64. The summed E-state index contributed by atoms with van der Waals surface area (Å²) < 4.78 is 12.2. The summed E-state index contributed by atoms with van der Waals surface area (Å²) in [5.74, 6) is 0.896. The molecular weight excluding hydrogens is 270 g/mol. The van der Waals surface area contributed by atoms with Gasteiger partial charge in [-0.05, 0) is 41.9 Å². The standard InChI is InChI=1S/C12H20BrNO2/c1-5-12(6-2,15-4)11(14-3)10-9(13)7-8-16-10/h7-8,11,14H,5-6H2,1-4H3. The summed E-state index contributed by atoms with van der Waals surface area (Å²) in [6.07, 6.45) is 3.55. The van der Waals surface area contributed by atoms with Gasteiger partial charge in [0.1, 0.15) is 5.76 Å². The van der Waals surface area contributed by atoms with Gasteiger partial charge in [-0.25, -0.2) is 0 Å². The Hall–Kier alpha value is -0.320. The number of ether oxygens (including phenoxy) is 1. The van der Waals surface area contributed by atoms with E-state index in [1.807, 2.05) is 13.1 Å². The van der Waals surface area contributed by atoms with Crippen molar-refractivity contribution in [1.82, 2.24) is 5.32 Å². The summed E-state index contributed by atoms with van der Waals surface area (Å²) in [6, 6.07) is 1.96. The van der Waals surface area contributed by atoms with E-state index in [2.05, 4.69) is 35.1 Å². The van der Waals surface area contributed by atoms with Crippen molar-refractivity contribution in [2.45, 2.75) is 38.3 Å². The Labute approximate surface area is 106 Å². The van der Waals surface area contributed by atoms with Gasteiger partial charge in [-0.3, -0.25) is 0 Å². The number of furan rings is 1. The van der Waals surface area contributed by atoms with Crippen LogP contribution in [0, 0.1) is 0 Å². The van der Waals surface area contributed by atoms with E-state index >= 15 is 0 Å². The highest BCUT2D eigenvalue weighted by molar-refractivity contribution is 9.10. The van der Waals surface area contributed by atoms with Crippen molar-refractivity contribution < 1.29 is 9.15 Å². The van der Waals surface area contributed by atoms with Crippen LogP contribution in [0.15, 0.2) is 21.2 Å². The van der Waals surface area contributed by atoms with Gasteiger partial charge in [-0.2, -0.15) is 0 Å². The van der Waals surface area contributed by atoms with E-state index in [9.17, 15) is 0 Å². The molecule has 0 amide bonds. The van der Waals surface area contributed by atoms with Crippen LogP contribution in [-0.2, 0) is 4.74 Å². The molecular formula is C12H20BrNO2. The van der Waals surface area contributed by atoms with Gasteiger partial charge in [0.15, 0.2) is 0 Å². The molecule has 0 aliphatic carbocycles. The second-order valence-corrected chi connectivity index (χ2v) is 4.68. The van der Waals surface area contributed by atoms with Crippen molar-refractivity contribution in [3.8, 4) is 0 Å². The highest BCUT2D eigenvalue weighted by atomic mass is 79.9. The second-order valence-electron chi connectivity index (χ2n) is 3.83. The van der Waals surface area contributed by atoms with Crippen LogP contribution < -0.4 is 5.32 Å². The van der Waals surface area contributed by atoms with Gasteiger partial charge >= 0.3 is 0 Å². The van der Waals surface area contributed by atoms with Crippen molar-refractivity contribution >= 4 is 15.9 Å². The number of hydrogen-bond acceptors (Lipinski definition) is 3. The SMILES string of the molecule is CCC(CC)(OC)C(NC)c1occc1Br. The molecule has 0 aliphatic rings. The number of methoxy groups -OCH3 is 1. The van der Waals surface area contributed by atoms with Crippen LogP contribution >= 0.6 is 15.9 Å². The Kier molecular flexibility index (Phi) is 5.02. The van der Waals surface area contributed by atoms with Crippen molar-refractivity contribution in [3.05, 3.63) is 22.6 Å². The molecule has 1 unspecified atom stereocenters. The topological polar surface area (TPSA) is 34.4 Å². The lowest BCUT2D eigenvalue weighted by Gasteiger charge is -2.37. The van der Waals surface area contributed by atoms with Crippen LogP contribution in [0.5, 0.6) is 0 Å². The first kappa shape index (κ1) is 13.7. The number of halogens is 1. The Morgan fingerprint density at radius 1 is 1.50 bits per heavy atom. The minimum absolute atomic E-state index is 0.0527. The van der Waals surface area contributed by atoms with E-state index in [1.54, 1.807) is 13.4 Å². The number of hydrogen-bond donors (Lipinski definition) is 1. The highest BCUT2D eigenvalue weighted by Gasteiger charge is 2.38. The molecule has 0 fully saturated rings. The molecule has 1 heterocycles. The summed E-state index contributed by atoms with van der Waals surface area (Å²) in [7, 11) is 3.69. The Balaban J connectivity index is 3.10. The third-order valence-corrected chi connectivity index (χ3v) is 3.98. The maximum Gasteiger partial charge on any atom is 0.137 e. The molecule has 1 aromatic heterocycles. The molecule has 0 aliphatic heterocycles. The van der Waals surface area contributed by atoms with E-state index in [1.165, 1.54) is 0 Å². The minimum Gasteiger partial charge on any atom is -0.466 e. The van der Waals surface area contributed by atoms with E-state index in [4.69, 9.17) is 9.15 Å². The first-order valence-electron chi connectivity index (χ1n) is 5.60. The third-order valence-electron chi connectivity index (χ3n) is 3.33. The average Bonchev–Trinajstić information content (AvgIpc) is 2.72. The van der Waals surface area contributed by atoms with Crippen LogP contribution in [-0.4, -0.2) is 19.8 Å². The average molecular weight is 290 g/mol. The molecule has 0 aromatic carbocycles. The van der Waals surface area contributed by atoms with Crippen LogP contribution in [0.4, 0.5) is 0 Å². The molecule has 1 rings (SSSR count). The molecule has 4 heteroatoms. The summed E-state index contributed by atoms with van der Waals surface area (Å²) in [4.78, 5) is 0. The van der Waals surface area contributed by atoms with Crippen molar-refractivity contribution in [2.75, 3.05) is 14.2 Å². The molecule has 0 saturated heterocycles. The van der Waals surface area contributed by atoms with Gasteiger partial charge in [0, 0.05) is 7.11 Å². The highest BCUT2D eigenvalue weighted by Crippen LogP contribution is 2.38. The maximum atomic E-state index is 5.72. The van der Waals surface area contributed by atoms with Gasteiger partial charge in [0.05, 0.1) is 22.4 Å². The maximum absolute atomic E-state index is 5.72. The van der Waals surface area contributed by atoms with E-state index < -0.39 is 0 Å². The van der Waals surface area contributed by atoms with Gasteiger partial charge in [-0.15, -0.1) is 0 Å². The summed E-state index contributed by atoms with van der Waals surface area (Å²) in [5.41, 5.74) is -0.227. The Morgan fingerprint density at radius 3 is 2.44 bits per heavy atom. The Morgan fingerprint density at radius 2 is 2.12 bits per heavy atom. The van der Waals surface area contributed by atoms with Crippen molar-refractivity contribution in [1.29, 1.82) is 0 Å². The molecule has 0 saturated carbocycles. The predicted molar refractivity (Wildman–Crippen MR) is 68.5 cm³/mol. The molecule has 1 N–H and O–H groups in total. The fraction of sp³-hybridized carbons (Fsp3) is 0.667. The third kappa shape index (κ3) is 2.34. The lowest BCUT2D eigenvalue weighted by molar-refractivity contribution is -0.0519. The molecule has 92 valence electrons. The quantitative estimate of drug-likeness (QED) is 0.870. The Bertz CT molecular complexity index is 312. The fourth-order valence-electron chi connectivity index (χ4n) is 2.21. The monoisotopic (exact) mass is 289 g/mol. The van der Waals surface area contributed by atoms with E-state index in [-0.39, 0.29) is 11.6 Å². The normalized spacial score (nSPS) is 14.1. The van der Waals surface area contributed by atoms with E-state index in [0.29, 0.717) is 0 Å². The number of nitrogens with one attached hydrogen (secondary N) is 1. The molecule has 3 nitrogen and oxygen atoms in total. The van der Waals surface area contributed by atoms with Gasteiger partial charge in [0.25, 0.3) is 0 Å². The lowest BCUT2D eigenvalue weighted by atomic mass is 9.86. The summed E-state index contributed by atoms with van der Waals surface area (Å²) in [5, 5.41) is 3.29. The minimum atomic E-state index is -0.227. The van der Waals surface area contributed by atoms with Gasteiger partial charge < -0.3 is 14.5 Å². The summed E-state index contributed by atoms with van der Waals surface area (Å²) in [6.45, 7) is 4.27. The number of rotatable bonds is 6. The first-order valence-corrected chi connectivity index (χ1v) is 6.39. The smallest absolute Gasteiger partial charge is 0.137 e. The molecule has 1 aromatic rings. The first-order chi connectivity index (χ1) is 7.65. The van der Waals surface area contributed by atoms with E-state index in [0.717, 1.165) is 23.1 Å². The molecule has 0 radical (unpaired) electrons. The van der Waals surface area contributed by atoms with Crippen LogP contribution in [0.25, 0.3) is 0 Å². The molecule has 16 heavy (non-hydrogen) atoms. The molecule has 1 atom stereocenters. The number of likely N-dealkylation sites (N-methyl/N-ethyl adjacent to an activating group) is 1. The van der Waals surface area contributed by atoms with Crippen LogP contribution in [0.3, 0.4) is 0 Å². The lowest BCUT2D eigenvalue weighted by Crippen LogP contribution is -2.43. The van der Waals surface area contributed by atoms with Crippen LogP contribution in [0.1, 0.15) is 38.5 Å². The van der Waals surface area contributed by atoms with Gasteiger partial charge in [-0.1, -0.05) is 13.8 Å². The second kappa shape index (κ2) is 5.84. The summed E-state index contributed by atoms with van der Waals surface area (Å²) >= 11 is 3.50. The zero-order valence-corrected chi connectivity index (χ0v) is 11.9. The predicted octanol–water partition coefficient (Wildman–Crippen LogP) is 3.51. The van der Waals surface area contributed by atoms with Gasteiger partial charge in [0.2, 0.25) is 0 Å². The van der Waals surface area contributed by atoms with Crippen LogP contribution in [0.2, 0.25) is 0 Å². The zero-order valence-electron chi connectivity index (χ0n) is 10.3. The largest absolute Gasteiger partial charge is 0.466 e. The van der Waals surface area contributed by atoms with Crippen molar-refractivity contribution in [2.24, 2.45) is 0 Å². The molecule has 0 bridgehead atoms. The zero-order chi connectivity index (χ0) is 12.2.